The summed E-state index contributed by atoms with van der Waals surface area (Å²) >= 11 is 0. The van der Waals surface area contributed by atoms with Gasteiger partial charge in [0.05, 0.1) is 0 Å². The average Bonchev–Trinajstić information content (AvgIpc) is 1.86. The first-order chi connectivity index (χ1) is 5.00. The molecule has 0 aromatic heterocycles. The van der Waals surface area contributed by atoms with E-state index < -0.39 is 10.1 Å². The average molecular weight is 178 g/mol. The van der Waals surface area contributed by atoms with Crippen LogP contribution in [0.4, 0.5) is 0 Å². The Balaban J connectivity index is 0.00000121. The zero-order valence-corrected chi connectivity index (χ0v) is 7.72. The Hall–Kier alpha value is -0.273. The minimum Gasteiger partial charge on any atom is -0.283 e. The molecule has 5 heteroatoms. The summed E-state index contributed by atoms with van der Waals surface area (Å²) in [7, 11) is -4.08. The quantitative estimate of drug-likeness (QED) is 0.309. The molecule has 0 radical (unpaired) electrons. The van der Waals surface area contributed by atoms with Crippen molar-refractivity contribution in [2.75, 3.05) is 0 Å². The van der Waals surface area contributed by atoms with Crippen molar-refractivity contribution in [3.05, 3.63) is 29.8 Å². The molecule has 0 heterocycles. The topological polar surface area (TPSA) is 54.4 Å². The van der Waals surface area contributed by atoms with Gasteiger partial charge in [0.1, 0.15) is 0 Å². The summed E-state index contributed by atoms with van der Waals surface area (Å²) in [6.07, 6.45) is 0. The van der Waals surface area contributed by atoms with Gasteiger partial charge in [-0.1, -0.05) is 6.92 Å². The van der Waals surface area contributed by atoms with Crippen LogP contribution >= 0.6 is 0 Å². The van der Waals surface area contributed by atoms with E-state index in [0.717, 1.165) is 5.56 Å². The maximum atomic E-state index is 10.5. The van der Waals surface area contributed by atoms with Crippen LogP contribution in [-0.4, -0.2) is 13.0 Å². The molecule has 0 spiro atoms. The van der Waals surface area contributed by atoms with E-state index in [0.29, 0.717) is 0 Å². The van der Waals surface area contributed by atoms with Gasteiger partial charge in [-0.05, 0) is 4.90 Å². The summed E-state index contributed by atoms with van der Waals surface area (Å²) in [4.78, 5) is -0.192. The molecular formula is C7H7LiO3S. The second kappa shape index (κ2) is 4.10. The normalized spacial score (nSPS) is 10.5. The SMILES string of the molecule is Cc1c[c-]c(S(=O)(=O)O)cc1.[Li+]. The molecule has 0 unspecified atom stereocenters. The van der Waals surface area contributed by atoms with Crippen molar-refractivity contribution in [1.29, 1.82) is 0 Å². The largest absolute Gasteiger partial charge is 1.00 e. The second-order valence-corrected chi connectivity index (χ2v) is 3.60. The smallest absolute Gasteiger partial charge is 0.283 e. The predicted molar refractivity (Wildman–Crippen MR) is 39.8 cm³/mol. The molecule has 1 N–H and O–H groups in total. The van der Waals surface area contributed by atoms with Crippen molar-refractivity contribution in [2.24, 2.45) is 0 Å². The summed E-state index contributed by atoms with van der Waals surface area (Å²) in [6.45, 7) is 1.81. The molecule has 1 aromatic rings. The van der Waals surface area contributed by atoms with Crippen molar-refractivity contribution in [3.8, 4) is 0 Å². The predicted octanol–water partition coefficient (Wildman–Crippen LogP) is -1.95. The maximum absolute atomic E-state index is 10.5. The van der Waals surface area contributed by atoms with Gasteiger partial charge in [0.25, 0.3) is 10.1 Å². The molecule has 60 valence electrons. The minimum atomic E-state index is -4.08. The molecule has 0 atom stereocenters. The molecule has 0 saturated carbocycles. The number of aryl methyl sites for hydroxylation is 1. The molecular weight excluding hydrogens is 171 g/mol. The Labute approximate surface area is 83.7 Å². The summed E-state index contributed by atoms with van der Waals surface area (Å²) in [5, 5.41) is 0. The van der Waals surface area contributed by atoms with Crippen LogP contribution in [0.2, 0.25) is 0 Å². The third-order valence-corrected chi connectivity index (χ3v) is 2.03. The zero-order chi connectivity index (χ0) is 8.48. The first-order valence-corrected chi connectivity index (χ1v) is 4.40. The van der Waals surface area contributed by atoms with E-state index in [9.17, 15) is 8.42 Å². The first-order valence-electron chi connectivity index (χ1n) is 2.96. The summed E-state index contributed by atoms with van der Waals surface area (Å²) in [6, 6.07) is 6.85. The van der Waals surface area contributed by atoms with Crippen molar-refractivity contribution in [2.45, 2.75) is 11.8 Å². The van der Waals surface area contributed by atoms with Gasteiger partial charge in [-0.15, -0.1) is 6.07 Å². The monoisotopic (exact) mass is 178 g/mol. The van der Waals surface area contributed by atoms with Gasteiger partial charge in [0, 0.05) is 0 Å². The van der Waals surface area contributed by atoms with Gasteiger partial charge < -0.3 is 0 Å². The number of rotatable bonds is 1. The van der Waals surface area contributed by atoms with E-state index in [2.05, 4.69) is 6.07 Å². The molecule has 0 amide bonds. The van der Waals surface area contributed by atoms with E-state index in [1.165, 1.54) is 12.1 Å². The zero-order valence-electron chi connectivity index (χ0n) is 6.90. The van der Waals surface area contributed by atoms with Gasteiger partial charge >= 0.3 is 18.9 Å². The Kier molecular flexibility index (Phi) is 4.01. The molecule has 0 saturated heterocycles. The van der Waals surface area contributed by atoms with Gasteiger partial charge in [0.15, 0.2) is 0 Å². The second-order valence-electron chi connectivity index (χ2n) is 2.21. The van der Waals surface area contributed by atoms with E-state index in [4.69, 9.17) is 4.55 Å². The first kappa shape index (κ1) is 11.7. The molecule has 1 rings (SSSR count). The van der Waals surface area contributed by atoms with Crippen LogP contribution in [0, 0.1) is 13.0 Å². The molecule has 12 heavy (non-hydrogen) atoms. The fourth-order valence-corrected chi connectivity index (χ4v) is 1.10. The Morgan fingerprint density at radius 2 is 2.00 bits per heavy atom. The Morgan fingerprint density at radius 1 is 1.42 bits per heavy atom. The Morgan fingerprint density at radius 3 is 2.33 bits per heavy atom. The van der Waals surface area contributed by atoms with Crippen LogP contribution in [0.3, 0.4) is 0 Å². The minimum absolute atomic E-state index is 0. The van der Waals surface area contributed by atoms with Crippen LogP contribution in [0.5, 0.6) is 0 Å². The third kappa shape index (κ3) is 3.00. The van der Waals surface area contributed by atoms with Crippen molar-refractivity contribution in [3.63, 3.8) is 0 Å². The van der Waals surface area contributed by atoms with Crippen LogP contribution < -0.4 is 18.9 Å². The molecule has 0 bridgehead atoms. The van der Waals surface area contributed by atoms with E-state index >= 15 is 0 Å². The summed E-state index contributed by atoms with van der Waals surface area (Å²) in [5.41, 5.74) is 0.900. The summed E-state index contributed by atoms with van der Waals surface area (Å²) < 4.78 is 29.5. The van der Waals surface area contributed by atoms with Crippen molar-refractivity contribution in [1.82, 2.24) is 0 Å². The van der Waals surface area contributed by atoms with Gasteiger partial charge in [-0.25, -0.2) is 0 Å². The number of hydrogen-bond donors (Lipinski definition) is 1. The fraction of sp³-hybridized carbons (Fsp3) is 0.143. The molecule has 0 aliphatic rings. The van der Waals surface area contributed by atoms with Crippen molar-refractivity contribution < 1.29 is 31.8 Å². The fourth-order valence-electron chi connectivity index (χ4n) is 0.649. The number of benzene rings is 1. The molecule has 1 aromatic carbocycles. The molecule has 0 aliphatic carbocycles. The van der Waals surface area contributed by atoms with Crippen LogP contribution in [0.1, 0.15) is 5.56 Å². The van der Waals surface area contributed by atoms with Gasteiger partial charge in [-0.3, -0.25) is 4.55 Å². The van der Waals surface area contributed by atoms with E-state index in [1.54, 1.807) is 6.07 Å². The number of hydrogen-bond acceptors (Lipinski definition) is 2. The van der Waals surface area contributed by atoms with Crippen LogP contribution in [0.25, 0.3) is 0 Å². The molecule has 0 fully saturated rings. The summed E-state index contributed by atoms with van der Waals surface area (Å²) in [5.74, 6) is 0. The van der Waals surface area contributed by atoms with E-state index in [1.807, 2.05) is 6.92 Å². The van der Waals surface area contributed by atoms with Gasteiger partial charge in [-0.2, -0.15) is 32.2 Å². The van der Waals surface area contributed by atoms with Crippen molar-refractivity contribution >= 4 is 10.1 Å². The maximum Gasteiger partial charge on any atom is 1.00 e. The Bertz CT molecular complexity index is 341. The molecule has 0 aliphatic heterocycles. The van der Waals surface area contributed by atoms with Crippen LogP contribution in [-0.2, 0) is 10.1 Å². The van der Waals surface area contributed by atoms with Crippen LogP contribution in [0.15, 0.2) is 23.1 Å². The third-order valence-electron chi connectivity index (χ3n) is 1.22. The van der Waals surface area contributed by atoms with Gasteiger partial charge in [0.2, 0.25) is 0 Å². The van der Waals surface area contributed by atoms with E-state index in [-0.39, 0.29) is 23.8 Å². The molecule has 3 nitrogen and oxygen atoms in total. The standard InChI is InChI=1S/C7H7O3S.Li/c1-6-2-4-7(5-3-6)11(8,9)10;/h2-4H,1H3,(H,8,9,10);/q-1;+1.